The fourth-order valence-electron chi connectivity index (χ4n) is 4.36. The molecule has 0 radical (unpaired) electrons. The number of nitrogens with zero attached hydrogens (tertiary/aromatic N) is 3. The van der Waals surface area contributed by atoms with Crippen molar-refractivity contribution in [1.82, 2.24) is 4.90 Å². The molecule has 0 atom stereocenters. The number of hydrogen-bond acceptors (Lipinski definition) is 6. The maximum Gasteiger partial charge on any atom is 0.264 e. The third-order valence-corrected chi connectivity index (χ3v) is 8.42. The molecule has 10 heteroatoms. The second kappa shape index (κ2) is 11.3. The first-order chi connectivity index (χ1) is 17.7. The first-order valence-corrected chi connectivity index (χ1v) is 13.6. The van der Waals surface area contributed by atoms with Crippen LogP contribution in [0.25, 0.3) is 0 Å². The van der Waals surface area contributed by atoms with Crippen molar-refractivity contribution >= 4 is 38.9 Å². The molecule has 0 spiro atoms. The van der Waals surface area contributed by atoms with E-state index in [9.17, 15) is 13.2 Å². The number of carbonyl (C=O) groups is 1. The summed E-state index contributed by atoms with van der Waals surface area (Å²) < 4.78 is 39.2. The molecule has 1 aliphatic rings. The number of piperazine rings is 1. The molecule has 3 aromatic carbocycles. The quantitative estimate of drug-likeness (QED) is 0.423. The highest BCUT2D eigenvalue weighted by molar-refractivity contribution is 7.92. The van der Waals surface area contributed by atoms with Gasteiger partial charge in [0, 0.05) is 43.0 Å². The number of amides is 1. The molecule has 196 valence electrons. The van der Waals surface area contributed by atoms with E-state index in [-0.39, 0.29) is 23.1 Å². The minimum Gasteiger partial charge on any atom is -0.493 e. The van der Waals surface area contributed by atoms with Crippen LogP contribution < -0.4 is 18.7 Å². The second-order valence-corrected chi connectivity index (χ2v) is 11.0. The lowest BCUT2D eigenvalue weighted by Crippen LogP contribution is -2.52. The van der Waals surface area contributed by atoms with Gasteiger partial charge in [-0.1, -0.05) is 35.9 Å². The van der Waals surface area contributed by atoms with Crippen molar-refractivity contribution in [3.05, 3.63) is 77.3 Å². The number of anilines is 2. The SMILES string of the molecule is COc1ccc(S(=O)(=O)N(CC(=O)N2CCN(c3cc(Cl)ccc3C)CC2)c2ccccc2)cc1OC. The zero-order valence-electron chi connectivity index (χ0n) is 21.1. The van der Waals surface area contributed by atoms with Gasteiger partial charge < -0.3 is 19.3 Å². The number of halogens is 1. The van der Waals surface area contributed by atoms with Gasteiger partial charge in [0.15, 0.2) is 11.5 Å². The predicted molar refractivity (Wildman–Crippen MR) is 146 cm³/mol. The van der Waals surface area contributed by atoms with Gasteiger partial charge in [-0.15, -0.1) is 0 Å². The number of aryl methyl sites for hydroxylation is 1. The van der Waals surface area contributed by atoms with Crippen LogP contribution in [0.4, 0.5) is 11.4 Å². The molecule has 0 unspecified atom stereocenters. The topological polar surface area (TPSA) is 79.4 Å². The zero-order chi connectivity index (χ0) is 26.6. The monoisotopic (exact) mass is 543 g/mol. The zero-order valence-corrected chi connectivity index (χ0v) is 22.6. The van der Waals surface area contributed by atoms with E-state index in [0.717, 1.165) is 15.6 Å². The number of para-hydroxylation sites is 1. The number of rotatable bonds is 8. The van der Waals surface area contributed by atoms with Crippen molar-refractivity contribution < 1.29 is 22.7 Å². The molecule has 8 nitrogen and oxygen atoms in total. The fourth-order valence-corrected chi connectivity index (χ4v) is 5.95. The second-order valence-electron chi connectivity index (χ2n) is 8.66. The Morgan fingerprint density at radius 1 is 0.919 bits per heavy atom. The normalized spacial score (nSPS) is 13.8. The van der Waals surface area contributed by atoms with Crippen molar-refractivity contribution in [3.8, 4) is 11.5 Å². The molecule has 0 bridgehead atoms. The van der Waals surface area contributed by atoms with Crippen molar-refractivity contribution in [1.29, 1.82) is 0 Å². The summed E-state index contributed by atoms with van der Waals surface area (Å²) in [6.07, 6.45) is 0. The van der Waals surface area contributed by atoms with Crippen molar-refractivity contribution in [2.24, 2.45) is 0 Å². The number of sulfonamides is 1. The van der Waals surface area contributed by atoms with Gasteiger partial charge in [0.25, 0.3) is 10.0 Å². The molecule has 4 rings (SSSR count). The molecular weight excluding hydrogens is 514 g/mol. The molecule has 1 fully saturated rings. The molecule has 1 heterocycles. The van der Waals surface area contributed by atoms with Crippen LogP contribution in [0.5, 0.6) is 11.5 Å². The summed E-state index contributed by atoms with van der Waals surface area (Å²) in [5.41, 5.74) is 2.56. The first kappa shape index (κ1) is 26.6. The number of methoxy groups -OCH3 is 2. The van der Waals surface area contributed by atoms with Gasteiger partial charge in [-0.05, 0) is 48.9 Å². The lowest BCUT2D eigenvalue weighted by molar-refractivity contribution is -0.129. The Morgan fingerprint density at radius 2 is 1.59 bits per heavy atom. The summed E-state index contributed by atoms with van der Waals surface area (Å²) in [6, 6.07) is 18.8. The van der Waals surface area contributed by atoms with Crippen LogP contribution >= 0.6 is 11.6 Å². The molecule has 1 aliphatic heterocycles. The largest absolute Gasteiger partial charge is 0.493 e. The van der Waals surface area contributed by atoms with Crippen LogP contribution in [-0.2, 0) is 14.8 Å². The number of hydrogen-bond donors (Lipinski definition) is 0. The average Bonchev–Trinajstić information content (AvgIpc) is 2.92. The fraction of sp³-hybridized carbons (Fsp3) is 0.296. The van der Waals surface area contributed by atoms with Crippen molar-refractivity contribution in [2.45, 2.75) is 11.8 Å². The summed E-state index contributed by atoms with van der Waals surface area (Å²) in [4.78, 5) is 17.3. The number of benzene rings is 3. The van der Waals surface area contributed by atoms with Gasteiger partial charge in [0.2, 0.25) is 5.91 Å². The minimum atomic E-state index is -4.08. The Morgan fingerprint density at radius 3 is 2.24 bits per heavy atom. The minimum absolute atomic E-state index is 0.00283. The van der Waals surface area contributed by atoms with E-state index < -0.39 is 10.0 Å². The number of carbonyl (C=O) groups excluding carboxylic acids is 1. The smallest absolute Gasteiger partial charge is 0.264 e. The third kappa shape index (κ3) is 5.78. The van der Waals surface area contributed by atoms with Gasteiger partial charge >= 0.3 is 0 Å². The van der Waals surface area contributed by atoms with E-state index in [1.807, 2.05) is 25.1 Å². The van der Waals surface area contributed by atoms with E-state index in [4.69, 9.17) is 21.1 Å². The van der Waals surface area contributed by atoms with E-state index in [2.05, 4.69) is 4.90 Å². The van der Waals surface area contributed by atoms with Gasteiger partial charge in [0.05, 0.1) is 24.8 Å². The van der Waals surface area contributed by atoms with Crippen LogP contribution in [0.1, 0.15) is 5.56 Å². The standard InChI is InChI=1S/C27H30ClN3O5S/c1-20-9-10-21(28)17-24(20)29-13-15-30(16-14-29)27(32)19-31(22-7-5-4-6-8-22)37(33,34)23-11-12-25(35-2)26(18-23)36-3/h4-12,17-18H,13-16,19H2,1-3H3. The van der Waals surface area contributed by atoms with Gasteiger partial charge in [0.1, 0.15) is 6.54 Å². The molecule has 0 aromatic heterocycles. The van der Waals surface area contributed by atoms with Gasteiger partial charge in [-0.25, -0.2) is 8.42 Å². The van der Waals surface area contributed by atoms with E-state index >= 15 is 0 Å². The summed E-state index contributed by atoms with van der Waals surface area (Å²) in [5, 5.41) is 0.665. The molecule has 1 amide bonds. The summed E-state index contributed by atoms with van der Waals surface area (Å²) in [6.45, 7) is 3.91. The Hall–Kier alpha value is -3.43. The van der Waals surface area contributed by atoms with Crippen LogP contribution in [0.15, 0.2) is 71.6 Å². The molecule has 0 aliphatic carbocycles. The van der Waals surface area contributed by atoms with Crippen LogP contribution in [0, 0.1) is 6.92 Å². The Labute approximate surface area is 223 Å². The molecule has 0 N–H and O–H groups in total. The molecule has 0 saturated carbocycles. The van der Waals surface area contributed by atoms with Crippen molar-refractivity contribution in [3.63, 3.8) is 0 Å². The van der Waals surface area contributed by atoms with Crippen molar-refractivity contribution in [2.75, 3.05) is 56.1 Å². The Kier molecular flexibility index (Phi) is 8.14. The number of ether oxygens (including phenoxy) is 2. The van der Waals surface area contributed by atoms with E-state index in [1.165, 1.54) is 32.4 Å². The lowest BCUT2D eigenvalue weighted by Gasteiger charge is -2.37. The predicted octanol–water partition coefficient (Wildman–Crippen LogP) is 4.21. The average molecular weight is 544 g/mol. The lowest BCUT2D eigenvalue weighted by atomic mass is 10.1. The van der Waals surface area contributed by atoms with Crippen LogP contribution in [0.2, 0.25) is 5.02 Å². The molecule has 37 heavy (non-hydrogen) atoms. The summed E-state index contributed by atoms with van der Waals surface area (Å²) in [5.74, 6) is 0.433. The van der Waals surface area contributed by atoms with E-state index in [1.54, 1.807) is 35.2 Å². The van der Waals surface area contributed by atoms with Crippen LogP contribution in [-0.4, -0.2) is 66.2 Å². The third-order valence-electron chi connectivity index (χ3n) is 6.41. The Bertz CT molecular complexity index is 1360. The first-order valence-electron chi connectivity index (χ1n) is 11.8. The highest BCUT2D eigenvalue weighted by Crippen LogP contribution is 2.32. The highest BCUT2D eigenvalue weighted by atomic mass is 35.5. The van der Waals surface area contributed by atoms with Gasteiger partial charge in [-0.3, -0.25) is 9.10 Å². The van der Waals surface area contributed by atoms with Crippen LogP contribution in [0.3, 0.4) is 0 Å². The van der Waals surface area contributed by atoms with E-state index in [0.29, 0.717) is 42.6 Å². The summed E-state index contributed by atoms with van der Waals surface area (Å²) >= 11 is 6.19. The molecular formula is C27H30ClN3O5S. The molecule has 1 saturated heterocycles. The van der Waals surface area contributed by atoms with Gasteiger partial charge in [-0.2, -0.15) is 0 Å². The maximum absolute atomic E-state index is 13.8. The summed E-state index contributed by atoms with van der Waals surface area (Å²) in [7, 11) is -1.16. The maximum atomic E-state index is 13.8. The highest BCUT2D eigenvalue weighted by Gasteiger charge is 2.31. The Balaban J connectivity index is 1.55. The molecule has 3 aromatic rings.